The van der Waals surface area contributed by atoms with Crippen LogP contribution in [0.3, 0.4) is 0 Å². The highest BCUT2D eigenvalue weighted by molar-refractivity contribution is 7.88. The Hall–Kier alpha value is -2.09. The quantitative estimate of drug-likeness (QED) is 0.723. The zero-order valence-corrected chi connectivity index (χ0v) is 17.9. The van der Waals surface area contributed by atoms with Crippen LogP contribution < -0.4 is 10.1 Å². The molecule has 0 radical (unpaired) electrons. The Kier molecular flexibility index (Phi) is 7.16. The fourth-order valence-corrected chi connectivity index (χ4v) is 5.26. The lowest BCUT2D eigenvalue weighted by Gasteiger charge is -2.31. The molecule has 0 bridgehead atoms. The fraction of sp³-hybridized carbons (Fsp3) is 0.381. The average Bonchev–Trinajstić information content (AvgIpc) is 2.72. The zero-order valence-electron chi connectivity index (χ0n) is 16.3. The van der Waals surface area contributed by atoms with E-state index >= 15 is 0 Å². The van der Waals surface area contributed by atoms with E-state index in [1.54, 1.807) is 31.4 Å². The van der Waals surface area contributed by atoms with Gasteiger partial charge in [0.15, 0.2) is 0 Å². The number of piperidine rings is 1. The molecule has 0 spiro atoms. The molecule has 8 heteroatoms. The first-order valence-electron chi connectivity index (χ1n) is 9.50. The van der Waals surface area contributed by atoms with Crippen LogP contribution in [0.25, 0.3) is 0 Å². The monoisotopic (exact) mass is 436 g/mol. The molecule has 3 rings (SSSR count). The lowest BCUT2D eigenvalue weighted by atomic mass is 9.99. The van der Waals surface area contributed by atoms with E-state index in [9.17, 15) is 13.2 Å². The second kappa shape index (κ2) is 9.61. The Labute approximate surface area is 176 Å². The largest absolute Gasteiger partial charge is 0.497 e. The molecule has 1 atom stereocenters. The maximum absolute atomic E-state index is 12.8. The number of rotatable bonds is 7. The van der Waals surface area contributed by atoms with E-state index < -0.39 is 10.0 Å². The normalized spacial score (nSPS) is 17.7. The number of hydrogen-bond donors (Lipinski definition) is 1. The highest BCUT2D eigenvalue weighted by Crippen LogP contribution is 2.23. The van der Waals surface area contributed by atoms with E-state index in [2.05, 4.69) is 5.32 Å². The molecule has 1 N–H and O–H groups in total. The number of benzene rings is 2. The Morgan fingerprint density at radius 3 is 2.72 bits per heavy atom. The Bertz CT molecular complexity index is 965. The van der Waals surface area contributed by atoms with Crippen LogP contribution in [-0.2, 0) is 27.1 Å². The number of methoxy groups -OCH3 is 1. The predicted octanol–water partition coefficient (Wildman–Crippen LogP) is 3.21. The minimum Gasteiger partial charge on any atom is -0.497 e. The number of hydrogen-bond acceptors (Lipinski definition) is 4. The Morgan fingerprint density at radius 2 is 1.97 bits per heavy atom. The minimum absolute atomic E-state index is 0.119. The van der Waals surface area contributed by atoms with Gasteiger partial charge in [0.1, 0.15) is 5.75 Å². The van der Waals surface area contributed by atoms with Crippen molar-refractivity contribution in [2.75, 3.05) is 20.2 Å². The summed E-state index contributed by atoms with van der Waals surface area (Å²) < 4.78 is 32.3. The summed E-state index contributed by atoms with van der Waals surface area (Å²) in [5.74, 6) is 0.123. The molecule has 1 heterocycles. The van der Waals surface area contributed by atoms with Crippen molar-refractivity contribution in [1.82, 2.24) is 9.62 Å². The van der Waals surface area contributed by atoms with E-state index in [4.69, 9.17) is 16.3 Å². The van der Waals surface area contributed by atoms with Crippen molar-refractivity contribution in [3.63, 3.8) is 0 Å². The summed E-state index contributed by atoms with van der Waals surface area (Å²) in [6, 6.07) is 14.3. The van der Waals surface area contributed by atoms with Gasteiger partial charge in [0.25, 0.3) is 0 Å². The van der Waals surface area contributed by atoms with E-state index in [0.717, 1.165) is 11.3 Å². The van der Waals surface area contributed by atoms with Gasteiger partial charge in [-0.15, -0.1) is 0 Å². The van der Waals surface area contributed by atoms with Crippen molar-refractivity contribution < 1.29 is 17.9 Å². The van der Waals surface area contributed by atoms with Gasteiger partial charge in [-0.3, -0.25) is 4.79 Å². The SMILES string of the molecule is COc1cccc(CNC(=O)C2CCCN(S(=O)(=O)Cc3cccc(Cl)c3)C2)c1. The summed E-state index contributed by atoms with van der Waals surface area (Å²) in [6.07, 6.45) is 1.33. The van der Waals surface area contributed by atoms with Gasteiger partial charge in [0.05, 0.1) is 18.8 Å². The van der Waals surface area contributed by atoms with Gasteiger partial charge in [0, 0.05) is 24.7 Å². The molecule has 1 fully saturated rings. The number of ether oxygens (including phenoxy) is 1. The van der Waals surface area contributed by atoms with Gasteiger partial charge in [-0.2, -0.15) is 0 Å². The number of carbonyl (C=O) groups is 1. The van der Waals surface area contributed by atoms with Gasteiger partial charge in [-0.25, -0.2) is 12.7 Å². The van der Waals surface area contributed by atoms with E-state index in [-0.39, 0.29) is 24.1 Å². The Balaban J connectivity index is 1.59. The molecule has 2 aromatic rings. The van der Waals surface area contributed by atoms with Crippen molar-refractivity contribution in [3.05, 3.63) is 64.7 Å². The molecular weight excluding hydrogens is 412 g/mol. The van der Waals surface area contributed by atoms with Gasteiger partial charge in [0.2, 0.25) is 15.9 Å². The maximum Gasteiger partial charge on any atom is 0.224 e. The summed E-state index contributed by atoms with van der Waals surface area (Å²) in [7, 11) is -1.92. The summed E-state index contributed by atoms with van der Waals surface area (Å²) in [5.41, 5.74) is 1.57. The maximum atomic E-state index is 12.8. The lowest BCUT2D eigenvalue weighted by molar-refractivity contribution is -0.126. The molecule has 29 heavy (non-hydrogen) atoms. The summed E-state index contributed by atoms with van der Waals surface area (Å²) >= 11 is 5.96. The number of halogens is 1. The van der Waals surface area contributed by atoms with Crippen molar-refractivity contribution in [1.29, 1.82) is 0 Å². The molecule has 6 nitrogen and oxygen atoms in total. The van der Waals surface area contributed by atoms with Crippen molar-refractivity contribution in [2.45, 2.75) is 25.1 Å². The van der Waals surface area contributed by atoms with Crippen molar-refractivity contribution >= 4 is 27.5 Å². The molecule has 0 aromatic heterocycles. The van der Waals surface area contributed by atoms with Gasteiger partial charge < -0.3 is 10.1 Å². The third-order valence-electron chi connectivity index (χ3n) is 4.99. The number of nitrogens with one attached hydrogen (secondary N) is 1. The van der Waals surface area contributed by atoms with E-state index in [0.29, 0.717) is 36.5 Å². The average molecular weight is 437 g/mol. The van der Waals surface area contributed by atoms with E-state index in [1.165, 1.54) is 4.31 Å². The van der Waals surface area contributed by atoms with Crippen LogP contribution in [0, 0.1) is 5.92 Å². The van der Waals surface area contributed by atoms with Crippen LogP contribution in [0.4, 0.5) is 0 Å². The summed E-state index contributed by atoms with van der Waals surface area (Å²) in [6.45, 7) is 1.01. The van der Waals surface area contributed by atoms with Gasteiger partial charge in [-0.1, -0.05) is 35.9 Å². The lowest BCUT2D eigenvalue weighted by Crippen LogP contribution is -2.45. The topological polar surface area (TPSA) is 75.7 Å². The highest BCUT2D eigenvalue weighted by atomic mass is 35.5. The Morgan fingerprint density at radius 1 is 1.21 bits per heavy atom. The number of sulfonamides is 1. The molecule has 1 aliphatic rings. The summed E-state index contributed by atoms with van der Waals surface area (Å²) in [4.78, 5) is 12.6. The first kappa shape index (κ1) is 21.6. The molecule has 0 aliphatic carbocycles. The smallest absolute Gasteiger partial charge is 0.224 e. The highest BCUT2D eigenvalue weighted by Gasteiger charge is 2.32. The molecule has 1 amide bonds. The van der Waals surface area contributed by atoms with Crippen LogP contribution in [0.2, 0.25) is 5.02 Å². The fourth-order valence-electron chi connectivity index (χ4n) is 3.45. The first-order valence-corrected chi connectivity index (χ1v) is 11.5. The van der Waals surface area contributed by atoms with Crippen LogP contribution in [-0.4, -0.2) is 38.8 Å². The standard InChI is InChI=1S/C21H25ClN2O4S/c1-28-20-9-3-5-16(12-20)13-23-21(25)18-7-4-10-24(14-18)29(26,27)15-17-6-2-8-19(22)11-17/h2-3,5-6,8-9,11-12,18H,4,7,10,13-15H2,1H3,(H,23,25). The molecule has 0 saturated carbocycles. The van der Waals surface area contributed by atoms with Crippen LogP contribution in [0.15, 0.2) is 48.5 Å². The van der Waals surface area contributed by atoms with Crippen molar-refractivity contribution in [3.8, 4) is 5.75 Å². The molecule has 1 saturated heterocycles. The third-order valence-corrected chi connectivity index (χ3v) is 7.04. The van der Waals surface area contributed by atoms with Crippen LogP contribution in [0.5, 0.6) is 5.75 Å². The van der Waals surface area contributed by atoms with Crippen LogP contribution in [0.1, 0.15) is 24.0 Å². The molecule has 2 aromatic carbocycles. The summed E-state index contributed by atoms with van der Waals surface area (Å²) in [5, 5.41) is 3.42. The number of carbonyl (C=O) groups excluding carboxylic acids is 1. The second-order valence-electron chi connectivity index (χ2n) is 7.15. The number of amides is 1. The second-order valence-corrected chi connectivity index (χ2v) is 9.56. The molecule has 156 valence electrons. The molecule has 1 unspecified atom stereocenters. The van der Waals surface area contributed by atoms with Crippen LogP contribution >= 0.6 is 11.6 Å². The van der Waals surface area contributed by atoms with E-state index in [1.807, 2.05) is 24.3 Å². The predicted molar refractivity (Wildman–Crippen MR) is 113 cm³/mol. The van der Waals surface area contributed by atoms with Gasteiger partial charge >= 0.3 is 0 Å². The molecular formula is C21H25ClN2O4S. The number of nitrogens with zero attached hydrogens (tertiary/aromatic N) is 1. The van der Waals surface area contributed by atoms with Crippen molar-refractivity contribution in [2.24, 2.45) is 5.92 Å². The minimum atomic E-state index is -3.52. The zero-order chi connectivity index (χ0) is 20.9. The van der Waals surface area contributed by atoms with Gasteiger partial charge in [-0.05, 0) is 48.2 Å². The molecule has 1 aliphatic heterocycles. The first-order chi connectivity index (χ1) is 13.9. The third kappa shape index (κ3) is 5.95.